The lowest BCUT2D eigenvalue weighted by Gasteiger charge is -2.09. The molecule has 0 aliphatic carbocycles. The van der Waals surface area contributed by atoms with Gasteiger partial charge in [-0.05, 0) is 59.3 Å². The minimum absolute atomic E-state index is 0.444. The molecule has 2 aromatic carbocycles. The van der Waals surface area contributed by atoms with Crippen LogP contribution in [-0.4, -0.2) is 5.11 Å². The molecular formula is C14H13IO2. The highest BCUT2D eigenvalue weighted by atomic mass is 127. The summed E-state index contributed by atoms with van der Waals surface area (Å²) in [5, 5.41) is 9.41. The van der Waals surface area contributed by atoms with Crippen molar-refractivity contribution in [2.45, 2.75) is 13.0 Å². The maximum Gasteiger partial charge on any atom is 0.140 e. The first-order valence-electron chi connectivity index (χ1n) is 5.37. The van der Waals surface area contributed by atoms with Crippen LogP contribution in [0.2, 0.25) is 0 Å². The van der Waals surface area contributed by atoms with Gasteiger partial charge in [0.25, 0.3) is 0 Å². The molecule has 0 saturated carbocycles. The number of hydrogen-bond acceptors (Lipinski definition) is 2. The Bertz CT molecular complexity index is 492. The Morgan fingerprint density at radius 1 is 1.06 bits per heavy atom. The Kier molecular flexibility index (Phi) is 4.02. The molecule has 1 unspecified atom stereocenters. The Balaban J connectivity index is 2.17. The lowest BCUT2D eigenvalue weighted by Crippen LogP contribution is -1.91. The van der Waals surface area contributed by atoms with Gasteiger partial charge in [0.15, 0.2) is 0 Å². The highest BCUT2D eigenvalue weighted by molar-refractivity contribution is 14.1. The van der Waals surface area contributed by atoms with Gasteiger partial charge in [-0.3, -0.25) is 0 Å². The van der Waals surface area contributed by atoms with Crippen molar-refractivity contribution in [2.24, 2.45) is 0 Å². The minimum Gasteiger partial charge on any atom is -0.456 e. The van der Waals surface area contributed by atoms with E-state index in [4.69, 9.17) is 4.74 Å². The van der Waals surface area contributed by atoms with Crippen molar-refractivity contribution in [2.75, 3.05) is 0 Å². The molecule has 0 radical (unpaired) electrons. The van der Waals surface area contributed by atoms with Gasteiger partial charge in [0.2, 0.25) is 0 Å². The second-order valence-electron chi connectivity index (χ2n) is 3.78. The maximum absolute atomic E-state index is 9.41. The molecule has 0 heterocycles. The van der Waals surface area contributed by atoms with E-state index in [1.807, 2.05) is 48.5 Å². The summed E-state index contributed by atoms with van der Waals surface area (Å²) in [5.41, 5.74) is 0.889. The Labute approximate surface area is 114 Å². The molecule has 2 rings (SSSR count). The molecule has 0 aliphatic heterocycles. The predicted molar refractivity (Wildman–Crippen MR) is 76.3 cm³/mol. The topological polar surface area (TPSA) is 29.5 Å². The molecule has 17 heavy (non-hydrogen) atoms. The molecule has 0 aliphatic rings. The average Bonchev–Trinajstić information content (AvgIpc) is 2.33. The number of ether oxygens (including phenoxy) is 1. The lowest BCUT2D eigenvalue weighted by molar-refractivity contribution is 0.199. The molecule has 0 bridgehead atoms. The summed E-state index contributed by atoms with van der Waals surface area (Å²) in [6.07, 6.45) is -0.444. The van der Waals surface area contributed by atoms with Gasteiger partial charge in [0.1, 0.15) is 11.5 Å². The highest BCUT2D eigenvalue weighted by Gasteiger charge is 2.03. The van der Waals surface area contributed by atoms with E-state index in [-0.39, 0.29) is 0 Å². The van der Waals surface area contributed by atoms with E-state index < -0.39 is 6.10 Å². The third kappa shape index (κ3) is 3.20. The van der Waals surface area contributed by atoms with Crippen molar-refractivity contribution >= 4 is 22.6 Å². The van der Waals surface area contributed by atoms with Crippen LogP contribution in [0.4, 0.5) is 0 Å². The molecule has 0 spiro atoms. The summed E-state index contributed by atoms with van der Waals surface area (Å²) in [4.78, 5) is 0. The first-order chi connectivity index (χ1) is 8.16. The standard InChI is InChI=1S/C14H13IO2/c1-10(16)11-6-8-12(9-7-11)17-14-5-3-2-4-13(14)15/h2-10,16H,1H3. The van der Waals surface area contributed by atoms with Gasteiger partial charge in [-0.1, -0.05) is 24.3 Å². The number of rotatable bonds is 3. The van der Waals surface area contributed by atoms with Crippen LogP contribution >= 0.6 is 22.6 Å². The van der Waals surface area contributed by atoms with Crippen LogP contribution < -0.4 is 4.74 Å². The lowest BCUT2D eigenvalue weighted by atomic mass is 10.1. The average molecular weight is 340 g/mol. The van der Waals surface area contributed by atoms with Crippen molar-refractivity contribution in [1.29, 1.82) is 0 Å². The quantitative estimate of drug-likeness (QED) is 0.851. The Morgan fingerprint density at radius 3 is 2.29 bits per heavy atom. The number of benzene rings is 2. The smallest absolute Gasteiger partial charge is 0.140 e. The molecule has 0 amide bonds. The number of para-hydroxylation sites is 1. The normalized spacial score (nSPS) is 12.2. The van der Waals surface area contributed by atoms with E-state index in [9.17, 15) is 5.11 Å². The molecule has 0 saturated heterocycles. The van der Waals surface area contributed by atoms with Crippen LogP contribution in [0, 0.1) is 3.57 Å². The summed E-state index contributed by atoms with van der Waals surface area (Å²) in [6, 6.07) is 15.3. The molecule has 2 aromatic rings. The van der Waals surface area contributed by atoms with E-state index in [1.165, 1.54) is 0 Å². The predicted octanol–water partition coefficient (Wildman–Crippen LogP) is 4.14. The molecule has 88 valence electrons. The summed E-state index contributed by atoms with van der Waals surface area (Å²) in [7, 11) is 0. The van der Waals surface area contributed by atoms with Crippen molar-refractivity contribution in [3.05, 3.63) is 57.7 Å². The van der Waals surface area contributed by atoms with Gasteiger partial charge in [0, 0.05) is 0 Å². The fourth-order valence-corrected chi connectivity index (χ4v) is 1.97. The molecule has 2 nitrogen and oxygen atoms in total. The van der Waals surface area contributed by atoms with Crippen LogP contribution in [0.3, 0.4) is 0 Å². The largest absolute Gasteiger partial charge is 0.456 e. The van der Waals surface area contributed by atoms with E-state index >= 15 is 0 Å². The molecule has 1 N–H and O–H groups in total. The van der Waals surface area contributed by atoms with Crippen molar-refractivity contribution in [3.8, 4) is 11.5 Å². The summed E-state index contributed by atoms with van der Waals surface area (Å²) >= 11 is 2.24. The van der Waals surface area contributed by atoms with E-state index in [1.54, 1.807) is 6.92 Å². The fourth-order valence-electron chi connectivity index (χ4n) is 1.47. The molecule has 0 fully saturated rings. The summed E-state index contributed by atoms with van der Waals surface area (Å²) in [5.74, 6) is 1.62. The van der Waals surface area contributed by atoms with Crippen LogP contribution in [-0.2, 0) is 0 Å². The molecule has 1 atom stereocenters. The van der Waals surface area contributed by atoms with Crippen molar-refractivity contribution in [1.82, 2.24) is 0 Å². The van der Waals surface area contributed by atoms with E-state index in [2.05, 4.69) is 22.6 Å². The zero-order valence-corrected chi connectivity index (χ0v) is 11.6. The highest BCUT2D eigenvalue weighted by Crippen LogP contribution is 2.27. The van der Waals surface area contributed by atoms with Gasteiger partial charge in [-0.25, -0.2) is 0 Å². The summed E-state index contributed by atoms with van der Waals surface area (Å²) in [6.45, 7) is 1.75. The van der Waals surface area contributed by atoms with Gasteiger partial charge in [-0.2, -0.15) is 0 Å². The van der Waals surface area contributed by atoms with Crippen LogP contribution in [0.15, 0.2) is 48.5 Å². The first kappa shape index (κ1) is 12.4. The molecule has 3 heteroatoms. The Morgan fingerprint density at radius 2 is 1.71 bits per heavy atom. The van der Waals surface area contributed by atoms with Crippen LogP contribution in [0.1, 0.15) is 18.6 Å². The number of aliphatic hydroxyl groups excluding tert-OH is 1. The second-order valence-corrected chi connectivity index (χ2v) is 4.94. The Hall–Kier alpha value is -1.07. The molecule has 0 aromatic heterocycles. The van der Waals surface area contributed by atoms with Gasteiger partial charge < -0.3 is 9.84 Å². The van der Waals surface area contributed by atoms with Crippen molar-refractivity contribution < 1.29 is 9.84 Å². The third-order valence-electron chi connectivity index (χ3n) is 2.43. The van der Waals surface area contributed by atoms with E-state index in [0.717, 1.165) is 20.6 Å². The van der Waals surface area contributed by atoms with Gasteiger partial charge >= 0.3 is 0 Å². The van der Waals surface area contributed by atoms with E-state index in [0.29, 0.717) is 0 Å². The maximum atomic E-state index is 9.41. The number of aliphatic hydroxyl groups is 1. The number of halogens is 1. The molecular weight excluding hydrogens is 327 g/mol. The van der Waals surface area contributed by atoms with Gasteiger partial charge in [-0.15, -0.1) is 0 Å². The first-order valence-corrected chi connectivity index (χ1v) is 6.45. The minimum atomic E-state index is -0.444. The third-order valence-corrected chi connectivity index (χ3v) is 3.32. The van der Waals surface area contributed by atoms with Crippen LogP contribution in [0.5, 0.6) is 11.5 Å². The SMILES string of the molecule is CC(O)c1ccc(Oc2ccccc2I)cc1. The van der Waals surface area contributed by atoms with Crippen LogP contribution in [0.25, 0.3) is 0 Å². The zero-order valence-electron chi connectivity index (χ0n) is 9.43. The van der Waals surface area contributed by atoms with Gasteiger partial charge in [0.05, 0.1) is 9.67 Å². The fraction of sp³-hybridized carbons (Fsp3) is 0.143. The second kappa shape index (κ2) is 5.51. The zero-order chi connectivity index (χ0) is 12.3. The number of hydrogen-bond donors (Lipinski definition) is 1. The summed E-state index contributed by atoms with van der Waals surface area (Å²) < 4.78 is 6.83. The monoisotopic (exact) mass is 340 g/mol. The van der Waals surface area contributed by atoms with Crippen molar-refractivity contribution in [3.63, 3.8) is 0 Å².